The number of rotatable bonds is 5. The summed E-state index contributed by atoms with van der Waals surface area (Å²) >= 11 is 0. The van der Waals surface area contributed by atoms with Crippen molar-refractivity contribution in [1.29, 1.82) is 0 Å². The Hall–Kier alpha value is -1.69. The normalized spacial score (nSPS) is 34.6. The Morgan fingerprint density at radius 1 is 1.06 bits per heavy atom. The molecule has 36 heavy (non-hydrogen) atoms. The highest BCUT2D eigenvalue weighted by Gasteiger charge is 2.62. The van der Waals surface area contributed by atoms with Gasteiger partial charge < -0.3 is 14.3 Å². The topological polar surface area (TPSA) is 55.8 Å². The number of carbonyl (C=O) groups is 1. The number of aliphatic hydroxyl groups is 1. The highest BCUT2D eigenvalue weighted by Crippen LogP contribution is 2.63. The SMILES string of the molecule is CC(C)(C)[Si](C)(C)O[C@H]1CC[C@H]2[C@@H]3CCC4=CC(=O)CC4=C(OCc4ccccc4)C3(O)CC[C@]12C. The molecule has 196 valence electrons. The van der Waals surface area contributed by atoms with Gasteiger partial charge in [-0.15, -0.1) is 0 Å². The lowest BCUT2D eigenvalue weighted by atomic mass is 9.56. The van der Waals surface area contributed by atoms with Crippen LogP contribution in [0.1, 0.15) is 78.2 Å². The van der Waals surface area contributed by atoms with Gasteiger partial charge in [0.15, 0.2) is 14.1 Å². The molecule has 2 fully saturated rings. The lowest BCUT2D eigenvalue weighted by molar-refractivity contribution is -0.132. The molecule has 5 rings (SSSR count). The average molecular weight is 509 g/mol. The van der Waals surface area contributed by atoms with Crippen LogP contribution < -0.4 is 0 Å². The summed E-state index contributed by atoms with van der Waals surface area (Å²) in [5.74, 6) is 1.31. The van der Waals surface area contributed by atoms with E-state index >= 15 is 0 Å². The van der Waals surface area contributed by atoms with Gasteiger partial charge in [0.1, 0.15) is 18.0 Å². The number of allylic oxidation sites excluding steroid dienone is 3. The number of benzene rings is 1. The van der Waals surface area contributed by atoms with E-state index in [9.17, 15) is 9.90 Å². The van der Waals surface area contributed by atoms with Gasteiger partial charge in [0.05, 0.1) is 6.10 Å². The molecule has 5 heteroatoms. The quantitative estimate of drug-likeness (QED) is 0.431. The molecule has 0 bridgehead atoms. The molecule has 4 aliphatic carbocycles. The minimum atomic E-state index is -1.90. The summed E-state index contributed by atoms with van der Waals surface area (Å²) in [4.78, 5) is 12.4. The molecule has 0 radical (unpaired) electrons. The fraction of sp³-hybridized carbons (Fsp3) is 0.645. The maximum Gasteiger partial charge on any atom is 0.192 e. The van der Waals surface area contributed by atoms with Crippen molar-refractivity contribution in [1.82, 2.24) is 0 Å². The first kappa shape index (κ1) is 25.9. The molecular formula is C31H44O4Si. The van der Waals surface area contributed by atoms with Gasteiger partial charge in [0.2, 0.25) is 0 Å². The molecule has 1 aromatic carbocycles. The third kappa shape index (κ3) is 4.25. The second-order valence-electron chi connectivity index (χ2n) is 13.5. The Morgan fingerprint density at radius 3 is 2.47 bits per heavy atom. The summed E-state index contributed by atoms with van der Waals surface area (Å²) < 4.78 is 13.6. The van der Waals surface area contributed by atoms with E-state index in [1.54, 1.807) is 6.08 Å². The molecule has 1 N–H and O–H groups in total. The van der Waals surface area contributed by atoms with Crippen LogP contribution in [0.5, 0.6) is 0 Å². The Labute approximate surface area is 218 Å². The van der Waals surface area contributed by atoms with Gasteiger partial charge in [-0.05, 0) is 91.1 Å². The summed E-state index contributed by atoms with van der Waals surface area (Å²) in [5.41, 5.74) is 2.15. The lowest BCUT2D eigenvalue weighted by Crippen LogP contribution is -2.56. The summed E-state index contributed by atoms with van der Waals surface area (Å²) in [6.45, 7) is 14.5. The van der Waals surface area contributed by atoms with Gasteiger partial charge in [-0.25, -0.2) is 0 Å². The summed E-state index contributed by atoms with van der Waals surface area (Å²) in [7, 11) is -1.90. The van der Waals surface area contributed by atoms with Gasteiger partial charge in [0.25, 0.3) is 0 Å². The van der Waals surface area contributed by atoms with E-state index in [1.165, 1.54) is 0 Å². The molecule has 2 saturated carbocycles. The van der Waals surface area contributed by atoms with Crippen LogP contribution in [0.25, 0.3) is 0 Å². The number of hydrogen-bond acceptors (Lipinski definition) is 4. The first-order chi connectivity index (χ1) is 16.8. The fourth-order valence-corrected chi connectivity index (χ4v) is 8.70. The molecule has 0 spiro atoms. The van der Waals surface area contributed by atoms with Crippen LogP contribution in [0.15, 0.2) is 53.3 Å². The first-order valence-electron chi connectivity index (χ1n) is 13.9. The van der Waals surface area contributed by atoms with Crippen LogP contribution in [0.4, 0.5) is 0 Å². The van der Waals surface area contributed by atoms with E-state index in [4.69, 9.17) is 9.16 Å². The molecule has 0 aliphatic heterocycles. The van der Waals surface area contributed by atoms with E-state index in [0.717, 1.165) is 48.8 Å². The molecule has 0 heterocycles. The molecule has 0 aromatic heterocycles. The third-order valence-corrected chi connectivity index (χ3v) is 14.9. The lowest BCUT2D eigenvalue weighted by Gasteiger charge is -2.53. The first-order valence-corrected chi connectivity index (χ1v) is 16.8. The predicted octanol–water partition coefficient (Wildman–Crippen LogP) is 7.10. The van der Waals surface area contributed by atoms with Crippen molar-refractivity contribution in [3.8, 4) is 0 Å². The third-order valence-electron chi connectivity index (χ3n) is 10.4. The molecule has 4 nitrogen and oxygen atoms in total. The fourth-order valence-electron chi connectivity index (χ4n) is 7.25. The molecule has 1 unspecified atom stereocenters. The number of fused-ring (bicyclic) bond motifs is 4. The van der Waals surface area contributed by atoms with Crippen LogP contribution in [-0.2, 0) is 20.6 Å². The second kappa shape index (κ2) is 8.95. The molecule has 5 atom stereocenters. The van der Waals surface area contributed by atoms with Crippen LogP contribution in [0, 0.1) is 17.3 Å². The van der Waals surface area contributed by atoms with Gasteiger partial charge in [-0.3, -0.25) is 4.79 Å². The van der Waals surface area contributed by atoms with Gasteiger partial charge in [0, 0.05) is 12.0 Å². The van der Waals surface area contributed by atoms with Crippen molar-refractivity contribution in [2.45, 2.75) is 109 Å². The predicted molar refractivity (Wildman–Crippen MR) is 146 cm³/mol. The van der Waals surface area contributed by atoms with Crippen LogP contribution in [0.3, 0.4) is 0 Å². The Morgan fingerprint density at radius 2 is 1.78 bits per heavy atom. The van der Waals surface area contributed by atoms with Crippen molar-refractivity contribution < 1.29 is 19.1 Å². The summed E-state index contributed by atoms with van der Waals surface area (Å²) in [6, 6.07) is 10.1. The minimum absolute atomic E-state index is 0.0608. The highest BCUT2D eigenvalue weighted by atomic mass is 28.4. The molecule has 1 aromatic rings. The van der Waals surface area contributed by atoms with Crippen molar-refractivity contribution >= 4 is 14.1 Å². The zero-order chi connectivity index (χ0) is 25.9. The number of hydrogen-bond donors (Lipinski definition) is 1. The van der Waals surface area contributed by atoms with Crippen LogP contribution in [0.2, 0.25) is 18.1 Å². The maximum atomic E-state index is 12.5. The zero-order valence-corrected chi connectivity index (χ0v) is 24.0. The van der Waals surface area contributed by atoms with E-state index in [0.29, 0.717) is 31.1 Å². The largest absolute Gasteiger partial charge is 0.490 e. The summed E-state index contributed by atoms with van der Waals surface area (Å²) in [6.07, 6.45) is 7.88. The second-order valence-corrected chi connectivity index (χ2v) is 18.3. The van der Waals surface area contributed by atoms with Crippen molar-refractivity contribution in [2.75, 3.05) is 0 Å². The van der Waals surface area contributed by atoms with E-state index in [2.05, 4.69) is 52.9 Å². The van der Waals surface area contributed by atoms with Crippen molar-refractivity contribution in [3.05, 3.63) is 58.9 Å². The average Bonchev–Trinajstić information content (AvgIpc) is 3.29. The van der Waals surface area contributed by atoms with Crippen molar-refractivity contribution in [2.24, 2.45) is 17.3 Å². The van der Waals surface area contributed by atoms with Crippen molar-refractivity contribution in [3.63, 3.8) is 0 Å². The smallest absolute Gasteiger partial charge is 0.192 e. The van der Waals surface area contributed by atoms with Gasteiger partial charge in [-0.2, -0.15) is 0 Å². The van der Waals surface area contributed by atoms with E-state index in [-0.39, 0.29) is 28.3 Å². The van der Waals surface area contributed by atoms with Gasteiger partial charge in [-0.1, -0.05) is 58.0 Å². The Kier molecular flexibility index (Phi) is 6.45. The van der Waals surface area contributed by atoms with E-state index < -0.39 is 13.9 Å². The standard InChI is InChI=1S/C31H44O4Si/c1-29(2,3)36(5,6)35-27-15-14-25-26-13-12-22-18-23(32)19-24(22)28(31(26,33)17-16-30(25,27)4)34-20-21-10-8-7-9-11-21/h7-11,18,25-27,33H,12-17,19-20H2,1-6H3/t25-,26-,27-,30-,31?/m0/s1. The monoisotopic (exact) mass is 508 g/mol. The van der Waals surface area contributed by atoms with Gasteiger partial charge >= 0.3 is 0 Å². The molecule has 4 aliphatic rings. The highest BCUT2D eigenvalue weighted by molar-refractivity contribution is 6.74. The number of ketones is 1. The molecule has 0 amide bonds. The molecular weight excluding hydrogens is 464 g/mol. The zero-order valence-electron chi connectivity index (χ0n) is 23.0. The Balaban J connectivity index is 1.47. The van der Waals surface area contributed by atoms with Crippen LogP contribution in [-0.4, -0.2) is 30.9 Å². The molecule has 0 saturated heterocycles. The maximum absolute atomic E-state index is 12.5. The number of ether oxygens (including phenoxy) is 1. The van der Waals surface area contributed by atoms with Crippen LogP contribution >= 0.6 is 0 Å². The Bertz CT molecular complexity index is 1080. The number of carbonyl (C=O) groups excluding carboxylic acids is 1. The minimum Gasteiger partial charge on any atom is -0.490 e. The summed E-state index contributed by atoms with van der Waals surface area (Å²) in [5, 5.41) is 12.7. The van der Waals surface area contributed by atoms with E-state index in [1.807, 2.05) is 18.2 Å².